The number of alkyl halides is 1. The smallest absolute Gasteiger partial charge is 0.241 e. The molecule has 0 aromatic rings. The third kappa shape index (κ3) is 1.05. The zero-order chi connectivity index (χ0) is 9.80. The Balaban J connectivity index is 2.30. The Bertz CT molecular complexity index is 312. The third-order valence-electron chi connectivity index (χ3n) is 2.50. The van der Waals surface area contributed by atoms with Crippen molar-refractivity contribution in [3.05, 3.63) is 0 Å². The maximum Gasteiger partial charge on any atom is 0.241 e. The number of carbonyl (C=O) groups is 1. The standard InChI is InChI=1S/C8H9BrN2OS/c1-8(2)4(3-10)11-6(12)5(9)7(11)13-8/h4-5,7H,1-2H3. The molecule has 2 rings (SSSR count). The van der Waals surface area contributed by atoms with E-state index in [2.05, 4.69) is 22.0 Å². The first-order valence-corrected chi connectivity index (χ1v) is 5.82. The van der Waals surface area contributed by atoms with Crippen molar-refractivity contribution >= 4 is 33.6 Å². The number of nitrogens with zero attached hydrogens (tertiary/aromatic N) is 2. The molecule has 2 fully saturated rings. The van der Waals surface area contributed by atoms with E-state index in [4.69, 9.17) is 5.26 Å². The molecule has 13 heavy (non-hydrogen) atoms. The van der Waals surface area contributed by atoms with Gasteiger partial charge in [-0.15, -0.1) is 11.8 Å². The average molecular weight is 261 g/mol. The Hall–Kier alpha value is -0.210. The second-order valence-electron chi connectivity index (χ2n) is 3.79. The molecule has 2 aliphatic heterocycles. The molecule has 2 saturated heterocycles. The fraction of sp³-hybridized carbons (Fsp3) is 0.750. The van der Waals surface area contributed by atoms with E-state index in [-0.39, 0.29) is 26.9 Å². The first-order valence-electron chi connectivity index (χ1n) is 4.03. The number of carbonyl (C=O) groups excluding carboxylic acids is 1. The maximum absolute atomic E-state index is 11.4. The van der Waals surface area contributed by atoms with Crippen molar-refractivity contribution in [3.63, 3.8) is 0 Å². The molecule has 3 unspecified atom stereocenters. The molecule has 0 spiro atoms. The lowest BCUT2D eigenvalue weighted by Crippen LogP contribution is -2.61. The van der Waals surface area contributed by atoms with E-state index in [9.17, 15) is 4.79 Å². The van der Waals surface area contributed by atoms with Crippen LogP contribution in [0.1, 0.15) is 13.8 Å². The maximum atomic E-state index is 11.4. The Labute approximate surface area is 89.6 Å². The SMILES string of the molecule is CC1(C)SC2C(Br)C(=O)N2C1C#N. The molecule has 3 nitrogen and oxygen atoms in total. The highest BCUT2D eigenvalue weighted by Gasteiger charge is 2.60. The summed E-state index contributed by atoms with van der Waals surface area (Å²) in [6, 6.07) is 1.93. The Morgan fingerprint density at radius 2 is 2.31 bits per heavy atom. The van der Waals surface area contributed by atoms with Gasteiger partial charge in [-0.2, -0.15) is 5.26 Å². The Morgan fingerprint density at radius 3 is 2.85 bits per heavy atom. The summed E-state index contributed by atoms with van der Waals surface area (Å²) in [7, 11) is 0. The van der Waals surface area contributed by atoms with Gasteiger partial charge in [0.15, 0.2) is 0 Å². The van der Waals surface area contributed by atoms with Gasteiger partial charge >= 0.3 is 0 Å². The summed E-state index contributed by atoms with van der Waals surface area (Å²) in [5.41, 5.74) is 0. The van der Waals surface area contributed by atoms with Crippen molar-refractivity contribution in [3.8, 4) is 6.07 Å². The number of rotatable bonds is 0. The zero-order valence-corrected chi connectivity index (χ0v) is 9.72. The van der Waals surface area contributed by atoms with E-state index < -0.39 is 0 Å². The van der Waals surface area contributed by atoms with Gasteiger partial charge < -0.3 is 4.90 Å². The first kappa shape index (κ1) is 9.35. The lowest BCUT2D eigenvalue weighted by molar-refractivity contribution is -0.141. The predicted molar refractivity (Wildman–Crippen MR) is 54.4 cm³/mol. The Kier molecular flexibility index (Phi) is 1.90. The monoisotopic (exact) mass is 260 g/mol. The quantitative estimate of drug-likeness (QED) is 0.488. The average Bonchev–Trinajstić information content (AvgIpc) is 2.33. The number of halogens is 1. The predicted octanol–water partition coefficient (Wildman–Crippen LogP) is 1.34. The molecule has 70 valence electrons. The largest absolute Gasteiger partial charge is 0.310 e. The van der Waals surface area contributed by atoms with Crippen LogP contribution in [0.3, 0.4) is 0 Å². The highest BCUT2D eigenvalue weighted by Crippen LogP contribution is 2.52. The van der Waals surface area contributed by atoms with E-state index in [1.54, 1.807) is 16.7 Å². The van der Waals surface area contributed by atoms with Crippen LogP contribution < -0.4 is 0 Å². The lowest BCUT2D eigenvalue weighted by atomic mass is 10.00. The molecule has 2 heterocycles. The normalized spacial score (nSPS) is 40.9. The van der Waals surface area contributed by atoms with Crippen LogP contribution in [0.5, 0.6) is 0 Å². The second-order valence-corrected chi connectivity index (χ2v) is 6.55. The van der Waals surface area contributed by atoms with Gasteiger partial charge in [0, 0.05) is 4.75 Å². The van der Waals surface area contributed by atoms with Gasteiger partial charge in [0.2, 0.25) is 5.91 Å². The third-order valence-corrected chi connectivity index (χ3v) is 5.31. The minimum absolute atomic E-state index is 0.0506. The number of nitriles is 1. The molecule has 2 aliphatic rings. The minimum Gasteiger partial charge on any atom is -0.310 e. The number of hydrogen-bond acceptors (Lipinski definition) is 3. The molecular formula is C8H9BrN2OS. The summed E-state index contributed by atoms with van der Waals surface area (Å²) >= 11 is 5.02. The number of hydrogen-bond donors (Lipinski definition) is 0. The van der Waals surface area contributed by atoms with Crippen molar-refractivity contribution < 1.29 is 4.79 Å². The van der Waals surface area contributed by atoms with Crippen molar-refractivity contribution in [2.24, 2.45) is 0 Å². The van der Waals surface area contributed by atoms with Crippen molar-refractivity contribution in [1.29, 1.82) is 5.26 Å². The number of fused-ring (bicyclic) bond motifs is 1. The van der Waals surface area contributed by atoms with Crippen molar-refractivity contribution in [2.45, 2.75) is 34.8 Å². The minimum atomic E-state index is -0.274. The lowest BCUT2D eigenvalue weighted by Gasteiger charge is -2.39. The molecule has 0 N–H and O–H groups in total. The highest BCUT2D eigenvalue weighted by atomic mass is 79.9. The molecular weight excluding hydrogens is 252 g/mol. The fourth-order valence-electron chi connectivity index (χ4n) is 1.77. The number of thioether (sulfide) groups is 1. The topological polar surface area (TPSA) is 44.1 Å². The molecule has 0 aromatic carbocycles. The summed E-state index contributed by atoms with van der Waals surface area (Å²) in [5.74, 6) is 0.0506. The van der Waals surface area contributed by atoms with E-state index in [0.717, 1.165) is 0 Å². The number of amides is 1. The van der Waals surface area contributed by atoms with E-state index >= 15 is 0 Å². The molecule has 0 bridgehead atoms. The van der Waals surface area contributed by atoms with Crippen LogP contribution >= 0.6 is 27.7 Å². The van der Waals surface area contributed by atoms with Crippen LogP contribution in [0.4, 0.5) is 0 Å². The molecule has 0 aliphatic carbocycles. The van der Waals surface area contributed by atoms with Crippen LogP contribution in [0, 0.1) is 11.3 Å². The van der Waals surface area contributed by atoms with Gasteiger partial charge in [-0.25, -0.2) is 0 Å². The molecule has 0 aromatic heterocycles. The summed E-state index contributed by atoms with van der Waals surface area (Å²) in [6.45, 7) is 4.02. The highest BCUT2D eigenvalue weighted by molar-refractivity contribution is 9.10. The molecule has 3 atom stereocenters. The van der Waals surface area contributed by atoms with Gasteiger partial charge in [-0.1, -0.05) is 15.9 Å². The zero-order valence-electron chi connectivity index (χ0n) is 7.32. The van der Waals surface area contributed by atoms with Gasteiger partial charge in [-0.3, -0.25) is 4.79 Å². The molecule has 1 amide bonds. The van der Waals surface area contributed by atoms with E-state index in [1.165, 1.54) is 0 Å². The summed E-state index contributed by atoms with van der Waals surface area (Å²) in [6.07, 6.45) is 0. The van der Waals surface area contributed by atoms with E-state index in [0.29, 0.717) is 0 Å². The van der Waals surface area contributed by atoms with Crippen LogP contribution in [-0.4, -0.2) is 31.8 Å². The van der Waals surface area contributed by atoms with Gasteiger partial charge in [-0.05, 0) is 13.8 Å². The first-order chi connectivity index (χ1) is 5.99. The van der Waals surface area contributed by atoms with Gasteiger partial charge in [0.05, 0.1) is 6.07 Å². The van der Waals surface area contributed by atoms with E-state index in [1.807, 2.05) is 13.8 Å². The molecule has 0 radical (unpaired) electrons. The van der Waals surface area contributed by atoms with Crippen LogP contribution in [-0.2, 0) is 4.79 Å². The second kappa shape index (κ2) is 2.64. The molecule has 0 saturated carbocycles. The summed E-state index contributed by atoms with van der Waals surface area (Å²) in [4.78, 5) is 13.0. The molecule has 5 heteroatoms. The van der Waals surface area contributed by atoms with Crippen LogP contribution in [0.2, 0.25) is 0 Å². The van der Waals surface area contributed by atoms with Crippen LogP contribution in [0.25, 0.3) is 0 Å². The van der Waals surface area contributed by atoms with Crippen LogP contribution in [0.15, 0.2) is 0 Å². The fourth-order valence-corrected chi connectivity index (χ4v) is 4.08. The van der Waals surface area contributed by atoms with Gasteiger partial charge in [0.1, 0.15) is 16.2 Å². The van der Waals surface area contributed by atoms with Gasteiger partial charge in [0.25, 0.3) is 0 Å². The summed E-state index contributed by atoms with van der Waals surface area (Å²) < 4.78 is -0.141. The van der Waals surface area contributed by atoms with Crippen molar-refractivity contribution in [1.82, 2.24) is 4.90 Å². The Morgan fingerprint density at radius 1 is 1.69 bits per heavy atom. The van der Waals surface area contributed by atoms with Crippen molar-refractivity contribution in [2.75, 3.05) is 0 Å². The number of β-lactam (4-membered cyclic amide) rings is 1. The summed E-state index contributed by atoms with van der Waals surface area (Å²) in [5, 5.41) is 9.11.